The van der Waals surface area contributed by atoms with Crippen LogP contribution in [0.15, 0.2) is 24.3 Å². The Labute approximate surface area is 168 Å². The lowest BCUT2D eigenvalue weighted by molar-refractivity contribution is -0.384. The molecule has 140 valence electrons. The summed E-state index contributed by atoms with van der Waals surface area (Å²) < 4.78 is 5.81. The van der Waals surface area contributed by atoms with Crippen LogP contribution in [0.25, 0.3) is 0 Å². The fourth-order valence-electron chi connectivity index (χ4n) is 2.09. The highest BCUT2D eigenvalue weighted by molar-refractivity contribution is 8.47. The Morgan fingerprint density at radius 1 is 1.50 bits per heavy atom. The predicted molar refractivity (Wildman–Crippen MR) is 106 cm³/mol. The number of hydrogen-bond donors (Lipinski definition) is 0. The van der Waals surface area contributed by atoms with E-state index in [0.29, 0.717) is 9.09 Å². The van der Waals surface area contributed by atoms with E-state index in [0.717, 1.165) is 5.75 Å². The van der Waals surface area contributed by atoms with Gasteiger partial charge in [0.1, 0.15) is 10.1 Å². The van der Waals surface area contributed by atoms with Gasteiger partial charge in [0, 0.05) is 12.1 Å². The number of ether oxygens (including phenoxy) is 1. The van der Waals surface area contributed by atoms with Gasteiger partial charge < -0.3 is 9.64 Å². The Morgan fingerprint density at radius 2 is 2.15 bits per heavy atom. The van der Waals surface area contributed by atoms with Crippen LogP contribution in [-0.4, -0.2) is 41.9 Å². The minimum absolute atomic E-state index is 0.0535. The maximum absolute atomic E-state index is 12.1. The molecular formula is C15H15ClN2O5S3. The van der Waals surface area contributed by atoms with Crippen LogP contribution in [0.3, 0.4) is 0 Å². The van der Waals surface area contributed by atoms with Gasteiger partial charge >= 0.3 is 5.97 Å². The van der Waals surface area contributed by atoms with Crippen molar-refractivity contribution in [2.45, 2.75) is 30.8 Å². The summed E-state index contributed by atoms with van der Waals surface area (Å²) in [6, 6.07) is 5.61. The van der Waals surface area contributed by atoms with Crippen LogP contribution in [-0.2, 0) is 20.9 Å². The number of nitro groups is 1. The summed E-state index contributed by atoms with van der Waals surface area (Å²) in [4.78, 5) is 35.3. The van der Waals surface area contributed by atoms with Crippen molar-refractivity contribution < 1.29 is 19.2 Å². The molecule has 11 heteroatoms. The molecule has 1 saturated heterocycles. The van der Waals surface area contributed by atoms with Crippen molar-refractivity contribution in [1.82, 2.24) is 4.90 Å². The summed E-state index contributed by atoms with van der Waals surface area (Å²) in [5, 5.41) is 10.3. The second-order valence-corrected chi connectivity index (χ2v) is 9.19. The Morgan fingerprint density at radius 3 is 2.69 bits per heavy atom. The topological polar surface area (TPSA) is 89.8 Å². The van der Waals surface area contributed by atoms with Crippen LogP contribution in [0, 0.1) is 10.1 Å². The van der Waals surface area contributed by atoms with Gasteiger partial charge in [-0.05, 0) is 23.4 Å². The van der Waals surface area contributed by atoms with Crippen LogP contribution in [0.2, 0.25) is 0 Å². The molecule has 1 aliphatic rings. The van der Waals surface area contributed by atoms with E-state index in [9.17, 15) is 19.7 Å². The van der Waals surface area contributed by atoms with Crippen molar-refractivity contribution in [3.05, 3.63) is 39.9 Å². The molecule has 1 heterocycles. The number of halogens is 1. The van der Waals surface area contributed by atoms with Crippen LogP contribution in [0.5, 0.6) is 0 Å². The molecule has 0 N–H and O–H groups in total. The second-order valence-electron chi connectivity index (χ2n) is 5.13. The quantitative estimate of drug-likeness (QED) is 0.122. The van der Waals surface area contributed by atoms with Crippen molar-refractivity contribution in [2.24, 2.45) is 0 Å². The molecule has 7 nitrogen and oxygen atoms in total. The van der Waals surface area contributed by atoms with Crippen molar-refractivity contribution in [3.8, 4) is 0 Å². The number of esters is 1. The van der Waals surface area contributed by atoms with Gasteiger partial charge in [0.05, 0.1) is 16.7 Å². The summed E-state index contributed by atoms with van der Waals surface area (Å²) >= 11 is 14.1. The maximum atomic E-state index is 12.1. The number of amides is 1. The monoisotopic (exact) mass is 434 g/mol. The fraction of sp³-hybridized carbons (Fsp3) is 0.400. The number of carbonyl (C=O) groups excluding carboxylic acids is 2. The normalized spacial score (nSPS) is 17.4. The fourth-order valence-corrected chi connectivity index (χ4v) is 5.14. The molecule has 1 unspecified atom stereocenters. The summed E-state index contributed by atoms with van der Waals surface area (Å²) in [5.74, 6) is -0.162. The number of nitro benzene ring substituents is 1. The molecule has 1 amide bonds. The minimum Gasteiger partial charge on any atom is -0.458 e. The number of hydrogen-bond acceptors (Lipinski definition) is 8. The Kier molecular flexibility index (Phi) is 7.69. The zero-order valence-corrected chi connectivity index (χ0v) is 16.8. The number of alkyl halides is 1. The zero-order chi connectivity index (χ0) is 19.3. The molecule has 0 bridgehead atoms. The van der Waals surface area contributed by atoms with Gasteiger partial charge in [-0.15, -0.1) is 11.8 Å². The number of likely N-dealkylation sites (tertiary alicyclic amines) is 1. The lowest BCUT2D eigenvalue weighted by Gasteiger charge is -2.41. The SMILES string of the molecule is CCSC(=S)S[C@@H]1CC(=O)N1C(Cl)C(=O)OCc1ccc([N+](=O)[O-])cc1. The Balaban J connectivity index is 1.88. The largest absolute Gasteiger partial charge is 0.458 e. The number of rotatable bonds is 7. The van der Waals surface area contributed by atoms with Crippen molar-refractivity contribution in [3.63, 3.8) is 0 Å². The van der Waals surface area contributed by atoms with Gasteiger partial charge in [0.2, 0.25) is 11.4 Å². The van der Waals surface area contributed by atoms with Gasteiger partial charge in [0.25, 0.3) is 5.69 Å². The van der Waals surface area contributed by atoms with E-state index in [4.69, 9.17) is 28.6 Å². The van der Waals surface area contributed by atoms with E-state index in [1.165, 1.54) is 52.7 Å². The lowest BCUT2D eigenvalue weighted by atomic mass is 10.2. The molecule has 0 spiro atoms. The van der Waals surface area contributed by atoms with Crippen molar-refractivity contribution >= 4 is 68.4 Å². The molecule has 1 aliphatic heterocycles. The predicted octanol–water partition coefficient (Wildman–Crippen LogP) is 3.53. The number of benzene rings is 1. The third-order valence-corrected chi connectivity index (χ3v) is 6.46. The van der Waals surface area contributed by atoms with Gasteiger partial charge in [-0.1, -0.05) is 42.5 Å². The molecule has 1 aromatic rings. The van der Waals surface area contributed by atoms with E-state index in [1.807, 2.05) is 6.92 Å². The van der Waals surface area contributed by atoms with Gasteiger partial charge in [0.15, 0.2) is 0 Å². The van der Waals surface area contributed by atoms with Crippen LogP contribution in [0.1, 0.15) is 18.9 Å². The second kappa shape index (κ2) is 9.54. The van der Waals surface area contributed by atoms with Crippen LogP contribution in [0.4, 0.5) is 5.69 Å². The first-order chi connectivity index (χ1) is 12.3. The molecule has 1 fully saturated rings. The molecule has 2 rings (SSSR count). The maximum Gasteiger partial charge on any atom is 0.345 e. The van der Waals surface area contributed by atoms with Gasteiger partial charge in [-0.3, -0.25) is 14.9 Å². The van der Waals surface area contributed by atoms with E-state index < -0.39 is 16.4 Å². The molecule has 1 aromatic carbocycles. The number of β-lactam (4-membered cyclic amide) rings is 1. The number of non-ortho nitro benzene ring substituents is 1. The minimum atomic E-state index is -1.23. The molecule has 0 saturated carbocycles. The van der Waals surface area contributed by atoms with E-state index in [-0.39, 0.29) is 30.0 Å². The standard InChI is InChI=1S/C15H15ClN2O5S3/c1-2-25-15(24)26-12-7-11(19)17(12)13(16)14(20)23-8-9-3-5-10(6-4-9)18(21)22/h3-6,12-13H,2,7-8H2,1H3/t12-,13?/m1/s1. The molecule has 0 aliphatic carbocycles. The smallest absolute Gasteiger partial charge is 0.345 e. The zero-order valence-electron chi connectivity index (χ0n) is 13.6. The van der Waals surface area contributed by atoms with Crippen LogP contribution < -0.4 is 0 Å². The average molecular weight is 435 g/mol. The summed E-state index contributed by atoms with van der Waals surface area (Å²) in [6.45, 7) is 1.88. The summed E-state index contributed by atoms with van der Waals surface area (Å²) in [5.41, 5.74) is -0.710. The highest BCUT2D eigenvalue weighted by Crippen LogP contribution is 2.36. The van der Waals surface area contributed by atoms with Crippen molar-refractivity contribution in [1.29, 1.82) is 0 Å². The molecule has 2 atom stereocenters. The Hall–Kier alpha value is -1.36. The van der Waals surface area contributed by atoms with E-state index in [2.05, 4.69) is 0 Å². The Bertz CT molecular complexity index is 716. The summed E-state index contributed by atoms with van der Waals surface area (Å²) in [6.07, 6.45) is 0.272. The van der Waals surface area contributed by atoms with Gasteiger partial charge in [-0.2, -0.15) is 0 Å². The first-order valence-corrected chi connectivity index (χ1v) is 10.2. The lowest BCUT2D eigenvalue weighted by Crippen LogP contribution is -2.57. The molecular weight excluding hydrogens is 420 g/mol. The molecule has 26 heavy (non-hydrogen) atoms. The number of nitrogens with zero attached hydrogens (tertiary/aromatic N) is 2. The number of thiocarbonyl (C=S) groups is 1. The third-order valence-electron chi connectivity index (χ3n) is 3.41. The molecule has 0 aromatic heterocycles. The summed E-state index contributed by atoms with van der Waals surface area (Å²) in [7, 11) is 0. The van der Waals surface area contributed by atoms with E-state index >= 15 is 0 Å². The number of carbonyl (C=O) groups is 2. The third kappa shape index (κ3) is 5.32. The molecule has 0 radical (unpaired) electrons. The van der Waals surface area contributed by atoms with Crippen LogP contribution >= 0.6 is 47.3 Å². The highest BCUT2D eigenvalue weighted by atomic mass is 35.5. The van der Waals surface area contributed by atoms with Gasteiger partial charge in [-0.25, -0.2) is 4.79 Å². The van der Waals surface area contributed by atoms with Crippen molar-refractivity contribution in [2.75, 3.05) is 5.75 Å². The first-order valence-electron chi connectivity index (χ1n) is 7.52. The first kappa shape index (κ1) is 20.9. The number of thioether (sulfide) groups is 2. The average Bonchev–Trinajstić information content (AvgIpc) is 2.59. The highest BCUT2D eigenvalue weighted by Gasteiger charge is 2.44. The van der Waals surface area contributed by atoms with E-state index in [1.54, 1.807) is 0 Å².